The molecule has 1 spiro atoms. The highest BCUT2D eigenvalue weighted by Crippen LogP contribution is 2.39. The van der Waals surface area contributed by atoms with Crippen LogP contribution in [0.5, 0.6) is 0 Å². The van der Waals surface area contributed by atoms with E-state index in [1.54, 1.807) is 0 Å². The lowest BCUT2D eigenvalue weighted by Crippen LogP contribution is -2.50. The molecule has 0 bridgehead atoms. The minimum atomic E-state index is -0.347. The Labute approximate surface area is 114 Å². The van der Waals surface area contributed by atoms with E-state index in [1.807, 2.05) is 0 Å². The maximum atomic E-state index is 9.42. The molecule has 2 heterocycles. The molecule has 0 unspecified atom stereocenters. The second-order valence-corrected chi connectivity index (χ2v) is 5.75. The van der Waals surface area contributed by atoms with E-state index < -0.39 is 0 Å². The molecule has 3 N–H and O–H groups in total. The molecule has 0 amide bonds. The third kappa shape index (κ3) is 2.05. The summed E-state index contributed by atoms with van der Waals surface area (Å²) in [6.07, 6.45) is 7.84. The molecule has 0 radical (unpaired) electrons. The Morgan fingerprint density at radius 1 is 1.16 bits per heavy atom. The van der Waals surface area contributed by atoms with E-state index in [2.05, 4.69) is 16.3 Å². The van der Waals surface area contributed by atoms with E-state index in [1.165, 1.54) is 19.3 Å². The molecule has 3 rings (SSSR count). The largest absolute Gasteiger partial charge is 0.384 e. The van der Waals surface area contributed by atoms with E-state index in [4.69, 9.17) is 10.7 Å². The Bertz CT molecular complexity index is 459. The van der Waals surface area contributed by atoms with Crippen molar-refractivity contribution >= 4 is 5.96 Å². The molecule has 2 aliphatic heterocycles. The SMILES string of the molecule is N#CC1=C(N)NC(N2CCCC2)=NC12CCCCC2. The summed E-state index contributed by atoms with van der Waals surface area (Å²) in [5.41, 5.74) is 6.39. The molecule has 5 heteroatoms. The average Bonchev–Trinajstić information content (AvgIpc) is 2.93. The highest BCUT2D eigenvalue weighted by atomic mass is 15.3. The molecule has 1 saturated carbocycles. The molecule has 2 fully saturated rings. The third-order valence-corrected chi connectivity index (χ3v) is 4.50. The quantitative estimate of drug-likeness (QED) is 0.690. The molecule has 0 aromatic heterocycles. The zero-order valence-electron chi connectivity index (χ0n) is 11.3. The first-order valence-corrected chi connectivity index (χ1v) is 7.27. The second kappa shape index (κ2) is 4.76. The first-order valence-electron chi connectivity index (χ1n) is 7.27. The minimum Gasteiger partial charge on any atom is -0.384 e. The molecule has 0 aromatic carbocycles. The molecule has 1 aliphatic carbocycles. The smallest absolute Gasteiger partial charge is 0.200 e. The van der Waals surface area contributed by atoms with Gasteiger partial charge in [-0.05, 0) is 25.7 Å². The van der Waals surface area contributed by atoms with Crippen LogP contribution in [0.15, 0.2) is 16.4 Å². The highest BCUT2D eigenvalue weighted by Gasteiger charge is 2.41. The lowest BCUT2D eigenvalue weighted by molar-refractivity contribution is 0.333. The van der Waals surface area contributed by atoms with Crippen LogP contribution in [0.4, 0.5) is 0 Å². The van der Waals surface area contributed by atoms with Crippen LogP contribution in [0.25, 0.3) is 0 Å². The van der Waals surface area contributed by atoms with Gasteiger partial charge in [0.1, 0.15) is 17.4 Å². The van der Waals surface area contributed by atoms with Crippen LogP contribution in [0.1, 0.15) is 44.9 Å². The molecule has 5 nitrogen and oxygen atoms in total. The van der Waals surface area contributed by atoms with E-state index >= 15 is 0 Å². The van der Waals surface area contributed by atoms with Crippen LogP contribution < -0.4 is 11.1 Å². The molecular weight excluding hydrogens is 238 g/mol. The summed E-state index contributed by atoms with van der Waals surface area (Å²) in [4.78, 5) is 7.19. The third-order valence-electron chi connectivity index (χ3n) is 4.50. The summed E-state index contributed by atoms with van der Waals surface area (Å²) in [5, 5.41) is 12.6. The maximum absolute atomic E-state index is 9.42. The Morgan fingerprint density at radius 3 is 2.47 bits per heavy atom. The Kier molecular flexibility index (Phi) is 3.09. The molecule has 19 heavy (non-hydrogen) atoms. The second-order valence-electron chi connectivity index (χ2n) is 5.75. The minimum absolute atomic E-state index is 0.347. The fourth-order valence-electron chi connectivity index (χ4n) is 3.46. The van der Waals surface area contributed by atoms with Gasteiger partial charge in [-0.2, -0.15) is 5.26 Å². The number of aliphatic imine (C=N–C) groups is 1. The zero-order valence-corrected chi connectivity index (χ0v) is 11.3. The van der Waals surface area contributed by atoms with Gasteiger partial charge in [-0.25, -0.2) is 4.99 Å². The molecular formula is C14H21N5. The first-order chi connectivity index (χ1) is 9.25. The monoisotopic (exact) mass is 259 g/mol. The topological polar surface area (TPSA) is 77.4 Å². The number of nitrogens with one attached hydrogen (secondary N) is 1. The first kappa shape index (κ1) is 12.3. The highest BCUT2D eigenvalue weighted by molar-refractivity contribution is 5.84. The van der Waals surface area contributed by atoms with Crippen molar-refractivity contribution in [3.63, 3.8) is 0 Å². The van der Waals surface area contributed by atoms with Gasteiger partial charge in [-0.3, -0.25) is 0 Å². The maximum Gasteiger partial charge on any atom is 0.200 e. The van der Waals surface area contributed by atoms with Gasteiger partial charge in [-0.15, -0.1) is 0 Å². The standard InChI is InChI=1S/C14H21N5/c15-10-11-12(16)17-13(19-8-4-5-9-19)18-14(11)6-2-1-3-7-14/h1-9,16H2,(H,17,18). The number of likely N-dealkylation sites (tertiary alicyclic amines) is 1. The van der Waals surface area contributed by atoms with Crippen LogP contribution in [0.3, 0.4) is 0 Å². The summed E-state index contributed by atoms with van der Waals surface area (Å²) in [6.45, 7) is 2.08. The summed E-state index contributed by atoms with van der Waals surface area (Å²) >= 11 is 0. The van der Waals surface area contributed by atoms with Crippen molar-refractivity contribution in [3.8, 4) is 6.07 Å². The van der Waals surface area contributed by atoms with Crippen molar-refractivity contribution in [2.45, 2.75) is 50.5 Å². The van der Waals surface area contributed by atoms with Gasteiger partial charge in [0.25, 0.3) is 0 Å². The van der Waals surface area contributed by atoms with E-state index in [9.17, 15) is 5.26 Å². The van der Waals surface area contributed by atoms with Gasteiger partial charge in [0, 0.05) is 13.1 Å². The lowest BCUT2D eigenvalue weighted by Gasteiger charge is -2.39. The Hall–Kier alpha value is -1.70. The molecule has 1 saturated heterocycles. The van der Waals surface area contributed by atoms with Crippen molar-refractivity contribution in [2.75, 3.05) is 13.1 Å². The fourth-order valence-corrected chi connectivity index (χ4v) is 3.46. The average molecular weight is 259 g/mol. The van der Waals surface area contributed by atoms with Crippen molar-refractivity contribution in [3.05, 3.63) is 11.4 Å². The number of nitrogens with two attached hydrogens (primary N) is 1. The van der Waals surface area contributed by atoms with Gasteiger partial charge in [0.05, 0.1) is 5.57 Å². The predicted molar refractivity (Wildman–Crippen MR) is 74.0 cm³/mol. The number of hydrogen-bond donors (Lipinski definition) is 2. The molecule has 3 aliphatic rings. The molecule has 0 atom stereocenters. The molecule has 0 aromatic rings. The van der Waals surface area contributed by atoms with Crippen LogP contribution in [-0.4, -0.2) is 29.5 Å². The van der Waals surface area contributed by atoms with Gasteiger partial charge in [0.2, 0.25) is 5.96 Å². The van der Waals surface area contributed by atoms with Gasteiger partial charge in [-0.1, -0.05) is 19.3 Å². The molecule has 102 valence electrons. The summed E-state index contributed by atoms with van der Waals surface area (Å²) in [6, 6.07) is 2.29. The number of hydrogen-bond acceptors (Lipinski definition) is 5. The van der Waals surface area contributed by atoms with Crippen molar-refractivity contribution < 1.29 is 0 Å². The summed E-state index contributed by atoms with van der Waals surface area (Å²) in [7, 11) is 0. The van der Waals surface area contributed by atoms with Crippen molar-refractivity contribution in [1.29, 1.82) is 5.26 Å². The van der Waals surface area contributed by atoms with Crippen LogP contribution in [0, 0.1) is 11.3 Å². The van der Waals surface area contributed by atoms with E-state index in [-0.39, 0.29) is 5.54 Å². The van der Waals surface area contributed by atoms with Crippen LogP contribution >= 0.6 is 0 Å². The number of nitriles is 1. The normalized spacial score (nSPS) is 26.1. The number of guanidine groups is 1. The van der Waals surface area contributed by atoms with Gasteiger partial charge >= 0.3 is 0 Å². The van der Waals surface area contributed by atoms with E-state index in [0.717, 1.165) is 44.7 Å². The van der Waals surface area contributed by atoms with Crippen molar-refractivity contribution in [1.82, 2.24) is 10.2 Å². The van der Waals surface area contributed by atoms with Crippen molar-refractivity contribution in [2.24, 2.45) is 10.7 Å². The summed E-state index contributed by atoms with van der Waals surface area (Å²) < 4.78 is 0. The summed E-state index contributed by atoms with van der Waals surface area (Å²) in [5.74, 6) is 1.40. The van der Waals surface area contributed by atoms with Gasteiger partial charge in [0.15, 0.2) is 0 Å². The Balaban J connectivity index is 1.95. The number of nitrogens with zero attached hydrogens (tertiary/aromatic N) is 3. The lowest BCUT2D eigenvalue weighted by atomic mass is 9.76. The number of rotatable bonds is 0. The van der Waals surface area contributed by atoms with Gasteiger partial charge < -0.3 is 16.0 Å². The van der Waals surface area contributed by atoms with E-state index in [0.29, 0.717) is 11.4 Å². The predicted octanol–water partition coefficient (Wildman–Crippen LogP) is 1.44. The van der Waals surface area contributed by atoms with Crippen LogP contribution in [0.2, 0.25) is 0 Å². The Morgan fingerprint density at radius 2 is 1.84 bits per heavy atom. The van der Waals surface area contributed by atoms with Crippen LogP contribution in [-0.2, 0) is 0 Å². The zero-order chi connectivity index (χ0) is 13.3. The fraction of sp³-hybridized carbons (Fsp3) is 0.714.